The number of halogens is 3. The molecular weight excluding hydrogens is 447 g/mol. The van der Waals surface area contributed by atoms with E-state index in [-0.39, 0.29) is 0 Å². The summed E-state index contributed by atoms with van der Waals surface area (Å²) in [4.78, 5) is 20.2. The molecule has 6 nitrogen and oxygen atoms in total. The number of aliphatic carboxylic acids is 1. The zero-order valence-corrected chi connectivity index (χ0v) is 18.9. The Bertz CT molecular complexity index is 1220. The summed E-state index contributed by atoms with van der Waals surface area (Å²) in [5.74, 6) is -0.353. The highest BCUT2D eigenvalue weighted by Gasteiger charge is 2.37. The molecule has 0 aliphatic heterocycles. The van der Waals surface area contributed by atoms with E-state index in [1.165, 1.54) is 6.07 Å². The predicted octanol–water partition coefficient (Wildman–Crippen LogP) is 5.59. The average molecular weight is 473 g/mol. The van der Waals surface area contributed by atoms with Gasteiger partial charge in [-0.2, -0.15) is 13.2 Å². The minimum absolute atomic E-state index is 0.325. The molecule has 1 heterocycles. The quantitative estimate of drug-likeness (QED) is 0.447. The standard InChI is InChI=1S/C25H26F3N3O3/c1-14(17-4-3-5-19(12-17)25(26,27)28)29-22-20-13-18(6-7-21(20)30-15(2)31-22)24(34)10-8-16(9-11-24)23(32)33/h3-7,12-14,16,34H,8-11H2,1-2H3,(H,32,33)(H,29,30,31)/t14-,16-,24+/m1/s1. The van der Waals surface area contributed by atoms with Gasteiger partial charge in [-0.25, -0.2) is 9.97 Å². The van der Waals surface area contributed by atoms with Gasteiger partial charge in [-0.05, 0) is 74.9 Å². The van der Waals surface area contributed by atoms with Crippen LogP contribution in [-0.2, 0) is 16.6 Å². The summed E-state index contributed by atoms with van der Waals surface area (Å²) >= 11 is 0. The van der Waals surface area contributed by atoms with Gasteiger partial charge in [-0.3, -0.25) is 4.79 Å². The van der Waals surface area contributed by atoms with Gasteiger partial charge in [0.05, 0.1) is 22.6 Å². The molecular formula is C25H26F3N3O3. The van der Waals surface area contributed by atoms with Crippen LogP contribution in [0.25, 0.3) is 10.9 Å². The summed E-state index contributed by atoms with van der Waals surface area (Å²) < 4.78 is 39.4. The summed E-state index contributed by atoms with van der Waals surface area (Å²) in [6.07, 6.45) is -3.02. The Morgan fingerprint density at radius 3 is 2.50 bits per heavy atom. The van der Waals surface area contributed by atoms with Gasteiger partial charge in [0.15, 0.2) is 0 Å². The number of carboxylic acids is 1. The first-order valence-corrected chi connectivity index (χ1v) is 11.1. The summed E-state index contributed by atoms with van der Waals surface area (Å²) in [6, 6.07) is 10.0. The number of anilines is 1. The number of aromatic nitrogens is 2. The molecule has 1 aliphatic carbocycles. The molecule has 3 aromatic rings. The van der Waals surface area contributed by atoms with Crippen LogP contribution in [-0.4, -0.2) is 26.2 Å². The summed E-state index contributed by atoms with van der Waals surface area (Å²) in [5, 5.41) is 24.3. The van der Waals surface area contributed by atoms with Crippen molar-refractivity contribution < 1.29 is 28.2 Å². The van der Waals surface area contributed by atoms with Gasteiger partial charge < -0.3 is 15.5 Å². The van der Waals surface area contributed by atoms with Crippen LogP contribution in [0.2, 0.25) is 0 Å². The van der Waals surface area contributed by atoms with E-state index in [2.05, 4.69) is 15.3 Å². The largest absolute Gasteiger partial charge is 0.481 e. The Hall–Kier alpha value is -3.20. The number of hydrogen-bond acceptors (Lipinski definition) is 5. The van der Waals surface area contributed by atoms with Crippen LogP contribution >= 0.6 is 0 Å². The van der Waals surface area contributed by atoms with Gasteiger partial charge in [-0.1, -0.05) is 18.2 Å². The third-order valence-electron chi connectivity index (χ3n) is 6.57. The highest BCUT2D eigenvalue weighted by Crippen LogP contribution is 2.41. The Morgan fingerprint density at radius 1 is 1.15 bits per heavy atom. The van der Waals surface area contributed by atoms with Crippen LogP contribution in [0.5, 0.6) is 0 Å². The van der Waals surface area contributed by atoms with Gasteiger partial charge in [0, 0.05) is 11.4 Å². The van der Waals surface area contributed by atoms with Crippen molar-refractivity contribution in [2.24, 2.45) is 5.92 Å². The molecule has 0 unspecified atom stereocenters. The third-order valence-corrected chi connectivity index (χ3v) is 6.57. The molecule has 1 aliphatic rings. The van der Waals surface area contributed by atoms with E-state index in [0.717, 1.165) is 12.1 Å². The van der Waals surface area contributed by atoms with Crippen LogP contribution in [0.4, 0.5) is 19.0 Å². The monoisotopic (exact) mass is 473 g/mol. The van der Waals surface area contributed by atoms with E-state index in [4.69, 9.17) is 0 Å². The molecule has 2 aromatic carbocycles. The fraction of sp³-hybridized carbons (Fsp3) is 0.400. The van der Waals surface area contributed by atoms with Crippen molar-refractivity contribution in [3.8, 4) is 0 Å². The SMILES string of the molecule is Cc1nc(N[C@H](C)c2cccc(C(F)(F)F)c2)c2cc([C@]3(O)CC[C@@H](C(=O)O)CC3)ccc2n1. The fourth-order valence-corrected chi connectivity index (χ4v) is 4.55. The Labute approximate surface area is 194 Å². The first-order valence-electron chi connectivity index (χ1n) is 11.1. The molecule has 1 saturated carbocycles. The number of fused-ring (bicyclic) bond motifs is 1. The molecule has 180 valence electrons. The van der Waals surface area contributed by atoms with Crippen molar-refractivity contribution in [3.05, 3.63) is 65.0 Å². The average Bonchev–Trinajstić information content (AvgIpc) is 2.78. The molecule has 1 fully saturated rings. The van der Waals surface area contributed by atoms with Crippen LogP contribution in [0.3, 0.4) is 0 Å². The van der Waals surface area contributed by atoms with Crippen LogP contribution in [0.15, 0.2) is 42.5 Å². The van der Waals surface area contributed by atoms with E-state index in [1.54, 1.807) is 38.1 Å². The van der Waals surface area contributed by atoms with Crippen molar-refractivity contribution in [3.63, 3.8) is 0 Å². The summed E-state index contributed by atoms with van der Waals surface area (Å²) in [7, 11) is 0. The van der Waals surface area contributed by atoms with Crippen molar-refractivity contribution in [2.45, 2.75) is 57.3 Å². The van der Waals surface area contributed by atoms with Crippen molar-refractivity contribution in [1.82, 2.24) is 9.97 Å². The number of aryl methyl sites for hydroxylation is 1. The number of nitrogens with zero attached hydrogens (tertiary/aromatic N) is 2. The van der Waals surface area contributed by atoms with E-state index in [1.807, 2.05) is 0 Å². The number of rotatable bonds is 5. The lowest BCUT2D eigenvalue weighted by Crippen LogP contribution is -2.33. The zero-order valence-electron chi connectivity index (χ0n) is 18.9. The first-order chi connectivity index (χ1) is 16.0. The lowest BCUT2D eigenvalue weighted by molar-refractivity contribution is -0.145. The topological polar surface area (TPSA) is 95.3 Å². The van der Waals surface area contributed by atoms with Gasteiger partial charge in [0.1, 0.15) is 11.6 Å². The highest BCUT2D eigenvalue weighted by atomic mass is 19.4. The second-order valence-electron chi connectivity index (χ2n) is 8.98. The van der Waals surface area contributed by atoms with Crippen molar-refractivity contribution in [1.29, 1.82) is 0 Å². The maximum absolute atomic E-state index is 13.1. The Morgan fingerprint density at radius 2 is 1.85 bits per heavy atom. The molecule has 1 aromatic heterocycles. The van der Waals surface area contributed by atoms with E-state index < -0.39 is 35.3 Å². The maximum atomic E-state index is 13.1. The number of carboxylic acid groups (broad SMARTS) is 1. The number of aliphatic hydroxyl groups is 1. The lowest BCUT2D eigenvalue weighted by atomic mass is 9.75. The van der Waals surface area contributed by atoms with E-state index in [0.29, 0.717) is 59.4 Å². The van der Waals surface area contributed by atoms with Gasteiger partial charge in [0.2, 0.25) is 0 Å². The van der Waals surface area contributed by atoms with E-state index >= 15 is 0 Å². The molecule has 1 atom stereocenters. The molecule has 0 bridgehead atoms. The second kappa shape index (κ2) is 8.87. The number of alkyl halides is 3. The predicted molar refractivity (Wildman–Crippen MR) is 121 cm³/mol. The normalized spacial score (nSPS) is 21.9. The zero-order chi connectivity index (χ0) is 24.7. The van der Waals surface area contributed by atoms with Crippen LogP contribution in [0.1, 0.15) is 61.2 Å². The summed E-state index contributed by atoms with van der Waals surface area (Å²) in [6.45, 7) is 3.48. The first kappa shape index (κ1) is 23.9. The van der Waals surface area contributed by atoms with Crippen molar-refractivity contribution >= 4 is 22.7 Å². The highest BCUT2D eigenvalue weighted by molar-refractivity contribution is 5.90. The number of hydrogen-bond donors (Lipinski definition) is 3. The molecule has 0 spiro atoms. The van der Waals surface area contributed by atoms with E-state index in [9.17, 15) is 28.2 Å². The van der Waals surface area contributed by atoms with Crippen molar-refractivity contribution in [2.75, 3.05) is 5.32 Å². The maximum Gasteiger partial charge on any atom is 0.416 e. The number of benzene rings is 2. The summed E-state index contributed by atoms with van der Waals surface area (Å²) in [5.41, 5.74) is -0.136. The molecule has 9 heteroatoms. The molecule has 4 rings (SSSR count). The fourth-order valence-electron chi connectivity index (χ4n) is 4.55. The van der Waals surface area contributed by atoms with Gasteiger partial charge >= 0.3 is 12.1 Å². The third kappa shape index (κ3) is 4.84. The molecule has 0 radical (unpaired) electrons. The van der Waals surface area contributed by atoms with Gasteiger partial charge in [-0.15, -0.1) is 0 Å². The number of nitrogens with one attached hydrogen (secondary N) is 1. The smallest absolute Gasteiger partial charge is 0.416 e. The molecule has 34 heavy (non-hydrogen) atoms. The Balaban J connectivity index is 1.66. The van der Waals surface area contributed by atoms with Crippen LogP contribution in [0, 0.1) is 12.8 Å². The Kier molecular flexibility index (Phi) is 6.24. The molecule has 3 N–H and O–H groups in total. The van der Waals surface area contributed by atoms with Crippen LogP contribution < -0.4 is 5.32 Å². The number of carbonyl (C=O) groups is 1. The van der Waals surface area contributed by atoms with Gasteiger partial charge in [0.25, 0.3) is 0 Å². The molecule has 0 saturated heterocycles. The second-order valence-corrected chi connectivity index (χ2v) is 8.98. The minimum atomic E-state index is -4.43. The molecule has 0 amide bonds. The minimum Gasteiger partial charge on any atom is -0.481 e. The lowest BCUT2D eigenvalue weighted by Gasteiger charge is -2.35.